The van der Waals surface area contributed by atoms with E-state index in [0.717, 1.165) is 22.3 Å². The summed E-state index contributed by atoms with van der Waals surface area (Å²) in [6, 6.07) is 22.8. The number of aliphatic hydroxyl groups is 1. The molecular formula is C36H42IrN3O2-. The largest absolute Gasteiger partial charge is 0.512 e. The molecule has 42 heavy (non-hydrogen) atoms. The number of carbonyl (C=O) groups excluding carboxylic acids is 1. The van der Waals surface area contributed by atoms with E-state index in [1.807, 2.05) is 41.5 Å². The van der Waals surface area contributed by atoms with Crippen LogP contribution >= 0.6 is 0 Å². The minimum absolute atomic E-state index is 0. The number of aryl methyl sites for hydroxylation is 1. The van der Waals surface area contributed by atoms with Gasteiger partial charge in [-0.25, -0.2) is 4.98 Å². The number of hydrogen-bond donors (Lipinski definition) is 1. The molecule has 5 nitrogen and oxygen atoms in total. The number of allylic oxidation sites excluding steroid dienone is 2. The Bertz CT molecular complexity index is 1760. The molecule has 0 atom stereocenters. The Hall–Kier alpha value is -3.34. The Balaban J connectivity index is 0.000000297. The van der Waals surface area contributed by atoms with Crippen LogP contribution in [-0.2, 0) is 37.4 Å². The third-order valence-electron chi connectivity index (χ3n) is 7.35. The number of aliphatic hydroxyl groups excluding tert-OH is 1. The first kappa shape index (κ1) is 33.2. The normalized spacial score (nSPS) is 12.7. The van der Waals surface area contributed by atoms with Gasteiger partial charge in [-0.2, -0.15) is 0 Å². The van der Waals surface area contributed by atoms with E-state index in [9.17, 15) is 9.90 Å². The molecule has 0 saturated heterocycles. The van der Waals surface area contributed by atoms with Crippen LogP contribution in [0.1, 0.15) is 67.9 Å². The number of rotatable bonds is 2. The van der Waals surface area contributed by atoms with E-state index in [2.05, 4.69) is 103 Å². The topological polar surface area (TPSA) is 68.0 Å². The minimum Gasteiger partial charge on any atom is -0.512 e. The Labute approximate surface area is 263 Å². The van der Waals surface area contributed by atoms with Gasteiger partial charge in [0, 0.05) is 66.0 Å². The first-order chi connectivity index (χ1) is 19.0. The number of nitrogens with zero attached hydrogens (tertiary/aromatic N) is 3. The molecule has 0 amide bonds. The number of ketones is 1. The summed E-state index contributed by atoms with van der Waals surface area (Å²) in [6.45, 7) is 17.8. The summed E-state index contributed by atoms with van der Waals surface area (Å²) >= 11 is 0. The number of fused-ring (bicyclic) bond motifs is 4. The minimum atomic E-state index is -0.417. The molecule has 223 valence electrons. The Morgan fingerprint density at radius 2 is 1.50 bits per heavy atom. The zero-order chi connectivity index (χ0) is 30.3. The second-order valence-electron chi connectivity index (χ2n) is 13.8. The first-order valence-corrected chi connectivity index (χ1v) is 14.1. The van der Waals surface area contributed by atoms with Crippen molar-refractivity contribution < 1.29 is 30.0 Å². The smallest absolute Gasteiger partial charge is 0.164 e. The summed E-state index contributed by atoms with van der Waals surface area (Å²) in [6.07, 6.45) is 2.99. The second kappa shape index (κ2) is 12.1. The summed E-state index contributed by atoms with van der Waals surface area (Å²) in [7, 11) is 2.07. The molecule has 0 bridgehead atoms. The Kier molecular flexibility index (Phi) is 9.56. The number of benzene rings is 3. The molecule has 3 aromatic carbocycles. The van der Waals surface area contributed by atoms with Crippen molar-refractivity contribution in [3.8, 4) is 11.3 Å². The van der Waals surface area contributed by atoms with Crippen molar-refractivity contribution in [2.24, 2.45) is 17.9 Å². The van der Waals surface area contributed by atoms with Crippen LogP contribution in [0, 0.1) is 16.9 Å². The zero-order valence-electron chi connectivity index (χ0n) is 26.4. The van der Waals surface area contributed by atoms with Gasteiger partial charge in [0.1, 0.15) is 17.7 Å². The fraction of sp³-hybridized carbons (Fsp3) is 0.361. The summed E-state index contributed by atoms with van der Waals surface area (Å²) in [5, 5.41) is 14.3. The van der Waals surface area contributed by atoms with Crippen molar-refractivity contribution in [1.29, 1.82) is 0 Å². The van der Waals surface area contributed by atoms with E-state index < -0.39 is 5.41 Å². The molecule has 5 aromatic rings. The maximum absolute atomic E-state index is 11.5. The van der Waals surface area contributed by atoms with Crippen LogP contribution in [0.5, 0.6) is 0 Å². The molecular weight excluding hydrogens is 699 g/mol. The summed E-state index contributed by atoms with van der Waals surface area (Å²) in [5.41, 5.74) is 4.66. The maximum atomic E-state index is 11.5. The maximum Gasteiger partial charge on any atom is 0.164 e. The fourth-order valence-corrected chi connectivity index (χ4v) is 4.50. The summed E-state index contributed by atoms with van der Waals surface area (Å²) in [4.78, 5) is 20.7. The van der Waals surface area contributed by atoms with Gasteiger partial charge in [0.05, 0.1) is 0 Å². The van der Waals surface area contributed by atoms with Crippen LogP contribution in [0.2, 0.25) is 0 Å². The van der Waals surface area contributed by atoms with Gasteiger partial charge in [0.15, 0.2) is 5.78 Å². The van der Waals surface area contributed by atoms with Crippen molar-refractivity contribution in [3.63, 3.8) is 0 Å². The number of carbonyl (C=O) groups is 1. The first-order valence-electron chi connectivity index (χ1n) is 14.1. The quantitative estimate of drug-likeness (QED) is 0.111. The van der Waals surface area contributed by atoms with E-state index in [1.165, 1.54) is 33.3 Å². The zero-order valence-corrected chi connectivity index (χ0v) is 28.8. The molecule has 5 rings (SSSR count). The standard InChI is InChI=1S/C25H22N3.C11H20O2.Ir/c1-25(2,3)19-11-9-16(10-12-19)23-22-20-13-17-7-5-6-8-18(17)14-21(20)28(4)24(22)27-15-26-23;1-10(2,3)8(12)7-9(13)11(4,5)6;/h5-9,11-15H,1-4H3;7,12H,1-6H3;/q-1;;/b;8-7-;. The van der Waals surface area contributed by atoms with Crippen LogP contribution in [0.15, 0.2) is 72.8 Å². The van der Waals surface area contributed by atoms with E-state index in [0.29, 0.717) is 0 Å². The Morgan fingerprint density at radius 3 is 2.02 bits per heavy atom. The van der Waals surface area contributed by atoms with E-state index in [1.54, 1.807) is 6.33 Å². The van der Waals surface area contributed by atoms with Gasteiger partial charge < -0.3 is 9.67 Å². The van der Waals surface area contributed by atoms with E-state index >= 15 is 0 Å². The molecule has 0 fully saturated rings. The average Bonchev–Trinajstić information content (AvgIpc) is 3.17. The van der Waals surface area contributed by atoms with E-state index in [4.69, 9.17) is 0 Å². The van der Waals surface area contributed by atoms with Gasteiger partial charge >= 0.3 is 0 Å². The predicted octanol–water partition coefficient (Wildman–Crippen LogP) is 9.13. The molecule has 0 aliphatic carbocycles. The molecule has 1 radical (unpaired) electrons. The Morgan fingerprint density at radius 1 is 0.881 bits per heavy atom. The summed E-state index contributed by atoms with van der Waals surface area (Å²) in [5.74, 6) is 0.104. The molecule has 2 heterocycles. The van der Waals surface area contributed by atoms with Crippen molar-refractivity contribution in [2.75, 3.05) is 0 Å². The molecule has 0 aliphatic heterocycles. The van der Waals surface area contributed by atoms with Crippen LogP contribution in [0.3, 0.4) is 0 Å². The van der Waals surface area contributed by atoms with Gasteiger partial charge in [0.25, 0.3) is 0 Å². The molecule has 2 aromatic heterocycles. The number of hydrogen-bond acceptors (Lipinski definition) is 4. The second-order valence-corrected chi connectivity index (χ2v) is 13.8. The van der Waals surface area contributed by atoms with Crippen molar-refractivity contribution >= 4 is 38.5 Å². The molecule has 0 saturated carbocycles. The van der Waals surface area contributed by atoms with Gasteiger partial charge in [-0.05, 0) is 28.3 Å². The van der Waals surface area contributed by atoms with Crippen LogP contribution in [0.4, 0.5) is 0 Å². The molecule has 1 N–H and O–H groups in total. The van der Waals surface area contributed by atoms with Crippen molar-refractivity contribution in [2.45, 2.75) is 67.7 Å². The third kappa shape index (κ3) is 6.99. The molecule has 6 heteroatoms. The van der Waals surface area contributed by atoms with Crippen molar-refractivity contribution in [1.82, 2.24) is 14.5 Å². The monoisotopic (exact) mass is 741 g/mol. The fourth-order valence-electron chi connectivity index (χ4n) is 4.50. The van der Waals surface area contributed by atoms with Crippen molar-refractivity contribution in [3.05, 3.63) is 84.4 Å². The van der Waals surface area contributed by atoms with Crippen LogP contribution < -0.4 is 0 Å². The van der Waals surface area contributed by atoms with E-state index in [-0.39, 0.29) is 42.5 Å². The molecule has 0 aliphatic rings. The third-order valence-corrected chi connectivity index (χ3v) is 7.35. The van der Waals surface area contributed by atoms with Gasteiger partial charge in [-0.15, -0.1) is 35.4 Å². The summed E-state index contributed by atoms with van der Waals surface area (Å²) < 4.78 is 2.16. The van der Waals surface area contributed by atoms with Crippen LogP contribution in [0.25, 0.3) is 44.0 Å². The molecule has 0 unspecified atom stereocenters. The SMILES string of the molecule is CC(C)(C)C(=O)/C=C(\O)C(C)(C)C.Cn1c2cc3ccccc3cc2c2c(-c3[c-]cc(C(C)(C)C)cc3)ncnc21.[Ir]. The van der Waals surface area contributed by atoms with Gasteiger partial charge in [-0.1, -0.05) is 86.6 Å². The number of aromatic nitrogens is 3. The average molecular weight is 741 g/mol. The van der Waals surface area contributed by atoms with Gasteiger partial charge in [0.2, 0.25) is 0 Å². The van der Waals surface area contributed by atoms with Crippen LogP contribution in [-0.4, -0.2) is 25.4 Å². The molecule has 0 spiro atoms. The predicted molar refractivity (Wildman–Crippen MR) is 171 cm³/mol. The van der Waals surface area contributed by atoms with Gasteiger partial charge in [-0.3, -0.25) is 9.78 Å².